The molecule has 0 radical (unpaired) electrons. The van der Waals surface area contributed by atoms with E-state index < -0.39 is 22.4 Å². The number of halogens is 1. The Morgan fingerprint density at radius 1 is 1.12 bits per heavy atom. The third-order valence-corrected chi connectivity index (χ3v) is 8.08. The minimum Gasteiger partial charge on any atom is -0.455 e. The van der Waals surface area contributed by atoms with Crippen molar-refractivity contribution in [2.24, 2.45) is 11.8 Å². The number of carbonyl (C=O) groups is 3. The van der Waals surface area contributed by atoms with Crippen molar-refractivity contribution < 1.29 is 27.5 Å². The highest BCUT2D eigenvalue weighted by molar-refractivity contribution is 7.91. The zero-order valence-corrected chi connectivity index (χ0v) is 20.6. The van der Waals surface area contributed by atoms with Gasteiger partial charge in [-0.25, -0.2) is 8.42 Å². The van der Waals surface area contributed by atoms with Crippen LogP contribution in [-0.2, 0) is 24.2 Å². The fourth-order valence-corrected chi connectivity index (χ4v) is 6.15. The van der Waals surface area contributed by atoms with Gasteiger partial charge in [0.1, 0.15) is 0 Å². The first-order chi connectivity index (χ1) is 15.6. The van der Waals surface area contributed by atoms with E-state index in [9.17, 15) is 22.8 Å². The Morgan fingerprint density at radius 3 is 2.30 bits per heavy atom. The molecule has 2 aliphatic heterocycles. The number of benzene rings is 1. The Morgan fingerprint density at radius 2 is 1.76 bits per heavy atom. The number of nitrogens with zero attached hydrogens (tertiary/aromatic N) is 2. The second-order valence-electron chi connectivity index (χ2n) is 9.18. The van der Waals surface area contributed by atoms with Gasteiger partial charge in [-0.05, 0) is 49.4 Å². The molecule has 2 saturated heterocycles. The predicted molar refractivity (Wildman–Crippen MR) is 125 cm³/mol. The molecule has 0 saturated carbocycles. The van der Waals surface area contributed by atoms with Gasteiger partial charge in [-0.3, -0.25) is 14.4 Å². The average molecular weight is 499 g/mol. The van der Waals surface area contributed by atoms with Crippen LogP contribution in [0.2, 0.25) is 5.02 Å². The fourth-order valence-electron chi connectivity index (χ4n) is 4.30. The van der Waals surface area contributed by atoms with Crippen LogP contribution in [0.1, 0.15) is 43.5 Å². The second-order valence-corrected chi connectivity index (χ2v) is 11.8. The summed E-state index contributed by atoms with van der Waals surface area (Å²) in [4.78, 5) is 41.2. The lowest BCUT2D eigenvalue weighted by molar-refractivity contribution is -0.157. The maximum atomic E-state index is 12.8. The number of amides is 2. The maximum Gasteiger partial charge on any atom is 0.309 e. The molecule has 0 aromatic heterocycles. The van der Waals surface area contributed by atoms with Gasteiger partial charge in [0.15, 0.2) is 16.4 Å². The molecule has 10 heteroatoms. The third-order valence-electron chi connectivity index (χ3n) is 6.08. The van der Waals surface area contributed by atoms with Crippen molar-refractivity contribution in [2.45, 2.75) is 39.2 Å². The first-order valence-electron chi connectivity index (χ1n) is 11.3. The van der Waals surface area contributed by atoms with E-state index in [1.807, 2.05) is 13.8 Å². The number of rotatable bonds is 7. The summed E-state index contributed by atoms with van der Waals surface area (Å²) in [5.41, 5.74) is 0.546. The van der Waals surface area contributed by atoms with Gasteiger partial charge in [0.05, 0.1) is 17.4 Å². The van der Waals surface area contributed by atoms with Gasteiger partial charge in [-0.15, -0.1) is 0 Å². The van der Waals surface area contributed by atoms with Gasteiger partial charge in [-0.1, -0.05) is 25.4 Å². The zero-order valence-electron chi connectivity index (χ0n) is 19.0. The molecule has 1 atom stereocenters. The Bertz CT molecular complexity index is 971. The first kappa shape index (κ1) is 25.5. The summed E-state index contributed by atoms with van der Waals surface area (Å²) in [6.07, 6.45) is 1.33. The Labute approximate surface area is 200 Å². The fraction of sp³-hybridized carbons (Fsp3) is 0.609. The monoisotopic (exact) mass is 498 g/mol. The van der Waals surface area contributed by atoms with Crippen LogP contribution in [0.25, 0.3) is 0 Å². The summed E-state index contributed by atoms with van der Waals surface area (Å²) in [5.74, 6) is -1.11. The Kier molecular flexibility index (Phi) is 8.39. The number of esters is 1. The normalized spacial score (nSPS) is 20.6. The minimum atomic E-state index is -3.13. The number of piperidine rings is 1. The number of hydrogen-bond acceptors (Lipinski definition) is 6. The molecule has 2 heterocycles. The van der Waals surface area contributed by atoms with Crippen molar-refractivity contribution in [3.05, 3.63) is 34.9 Å². The highest BCUT2D eigenvalue weighted by Gasteiger charge is 2.36. The number of sulfone groups is 1. The topological polar surface area (TPSA) is 101 Å². The lowest BCUT2D eigenvalue weighted by Gasteiger charge is -2.32. The van der Waals surface area contributed by atoms with Gasteiger partial charge in [-0.2, -0.15) is 0 Å². The van der Waals surface area contributed by atoms with E-state index in [0.29, 0.717) is 49.5 Å². The molecule has 0 spiro atoms. The van der Waals surface area contributed by atoms with E-state index in [4.69, 9.17) is 16.3 Å². The summed E-state index contributed by atoms with van der Waals surface area (Å²) in [6, 6.07) is 6.31. The molecule has 1 aromatic rings. The first-order valence-corrected chi connectivity index (χ1v) is 13.5. The molecule has 0 bridgehead atoms. The van der Waals surface area contributed by atoms with E-state index in [2.05, 4.69) is 0 Å². The molecule has 2 aliphatic rings. The van der Waals surface area contributed by atoms with Crippen LogP contribution in [0, 0.1) is 11.8 Å². The van der Waals surface area contributed by atoms with E-state index in [-0.39, 0.29) is 41.2 Å². The van der Waals surface area contributed by atoms with Gasteiger partial charge in [0.25, 0.3) is 11.8 Å². The molecule has 0 N–H and O–H groups in total. The average Bonchev–Trinajstić information content (AvgIpc) is 3.15. The van der Waals surface area contributed by atoms with E-state index in [1.165, 1.54) is 0 Å². The minimum absolute atomic E-state index is 0.0421. The highest BCUT2D eigenvalue weighted by atomic mass is 35.5. The largest absolute Gasteiger partial charge is 0.455 e. The van der Waals surface area contributed by atoms with Gasteiger partial charge >= 0.3 is 5.97 Å². The van der Waals surface area contributed by atoms with Crippen LogP contribution in [-0.4, -0.2) is 79.8 Å². The molecule has 2 amide bonds. The standard InChI is InChI=1S/C23H31ClN2O6S/c1-16(2)13-26(20-9-12-33(30,31)15-20)21(27)14-32-23(29)18-7-10-25(11-8-18)22(28)17-3-5-19(24)6-4-17/h3-6,16,18,20H,7-15H2,1-2H3. The summed E-state index contributed by atoms with van der Waals surface area (Å²) in [6.45, 7) is 4.78. The Hall–Kier alpha value is -2.13. The molecule has 2 fully saturated rings. The number of carbonyl (C=O) groups excluding carboxylic acids is 3. The van der Waals surface area contributed by atoms with Crippen molar-refractivity contribution in [1.82, 2.24) is 9.80 Å². The van der Waals surface area contributed by atoms with Crippen molar-refractivity contribution in [3.8, 4) is 0 Å². The molecular formula is C23H31ClN2O6S. The van der Waals surface area contributed by atoms with Crippen LogP contribution >= 0.6 is 11.6 Å². The summed E-state index contributed by atoms with van der Waals surface area (Å²) in [7, 11) is -3.13. The zero-order chi connectivity index (χ0) is 24.2. The van der Waals surface area contributed by atoms with Crippen molar-refractivity contribution >= 4 is 39.2 Å². The van der Waals surface area contributed by atoms with Gasteiger partial charge in [0.2, 0.25) is 0 Å². The highest BCUT2D eigenvalue weighted by Crippen LogP contribution is 2.22. The van der Waals surface area contributed by atoms with E-state index >= 15 is 0 Å². The number of ether oxygens (including phenoxy) is 1. The molecule has 33 heavy (non-hydrogen) atoms. The smallest absolute Gasteiger partial charge is 0.309 e. The lowest BCUT2D eigenvalue weighted by atomic mass is 9.96. The molecule has 3 rings (SSSR count). The van der Waals surface area contributed by atoms with Crippen LogP contribution in [0.4, 0.5) is 0 Å². The van der Waals surface area contributed by atoms with E-state index in [0.717, 1.165) is 0 Å². The molecule has 0 aliphatic carbocycles. The van der Waals surface area contributed by atoms with Gasteiger partial charge in [0, 0.05) is 36.3 Å². The van der Waals surface area contributed by atoms with E-state index in [1.54, 1.807) is 34.1 Å². The number of likely N-dealkylation sites (tertiary alicyclic amines) is 1. The molecule has 8 nitrogen and oxygen atoms in total. The quantitative estimate of drug-likeness (QED) is 0.535. The lowest BCUT2D eigenvalue weighted by Crippen LogP contribution is -2.46. The molecule has 182 valence electrons. The second kappa shape index (κ2) is 10.9. The van der Waals surface area contributed by atoms with Crippen molar-refractivity contribution in [2.75, 3.05) is 37.7 Å². The Balaban J connectivity index is 1.49. The SMILES string of the molecule is CC(C)CN(C(=O)COC(=O)C1CCN(C(=O)c2ccc(Cl)cc2)CC1)C1CCS(=O)(=O)C1. The predicted octanol–water partition coefficient (Wildman–Crippen LogP) is 2.41. The molecule has 1 aromatic carbocycles. The van der Waals surface area contributed by atoms with Crippen LogP contribution in [0.15, 0.2) is 24.3 Å². The van der Waals surface area contributed by atoms with Gasteiger partial charge < -0.3 is 14.5 Å². The summed E-state index contributed by atoms with van der Waals surface area (Å²) < 4.78 is 29.0. The van der Waals surface area contributed by atoms with Crippen LogP contribution < -0.4 is 0 Å². The van der Waals surface area contributed by atoms with Crippen LogP contribution in [0.3, 0.4) is 0 Å². The molecular weight excluding hydrogens is 468 g/mol. The third kappa shape index (κ3) is 6.93. The number of hydrogen-bond donors (Lipinski definition) is 0. The molecule has 1 unspecified atom stereocenters. The summed E-state index contributed by atoms with van der Waals surface area (Å²) in [5, 5.41) is 0.559. The summed E-state index contributed by atoms with van der Waals surface area (Å²) >= 11 is 5.87. The van der Waals surface area contributed by atoms with Crippen LogP contribution in [0.5, 0.6) is 0 Å². The maximum absolute atomic E-state index is 12.8. The van der Waals surface area contributed by atoms with Crippen molar-refractivity contribution in [1.29, 1.82) is 0 Å². The van der Waals surface area contributed by atoms with Crippen molar-refractivity contribution in [3.63, 3.8) is 0 Å².